The van der Waals surface area contributed by atoms with Crippen LogP contribution in [0.5, 0.6) is 0 Å². The van der Waals surface area contributed by atoms with Crippen LogP contribution in [0.15, 0.2) is 42.6 Å². The van der Waals surface area contributed by atoms with Crippen LogP contribution in [0.3, 0.4) is 0 Å². The minimum Gasteiger partial charge on any atom is -0.334 e. The van der Waals surface area contributed by atoms with E-state index in [-0.39, 0.29) is 17.7 Å². The number of rotatable bonds is 3. The van der Waals surface area contributed by atoms with Crippen LogP contribution >= 0.6 is 0 Å². The predicted octanol–water partition coefficient (Wildman–Crippen LogP) is 4.93. The van der Waals surface area contributed by atoms with Gasteiger partial charge in [-0.05, 0) is 29.8 Å². The molecule has 5 nitrogen and oxygen atoms in total. The van der Waals surface area contributed by atoms with Gasteiger partial charge in [-0.1, -0.05) is 12.1 Å². The van der Waals surface area contributed by atoms with Crippen molar-refractivity contribution < 1.29 is 31.1 Å². The maximum Gasteiger partial charge on any atom is 0.416 e. The summed E-state index contributed by atoms with van der Waals surface area (Å²) in [7, 11) is 1.47. The quantitative estimate of drug-likeness (QED) is 0.595. The molecule has 0 spiro atoms. The Kier molecular flexibility index (Phi) is 5.16. The average molecular weight is 416 g/mol. The lowest BCUT2D eigenvalue weighted by atomic mass is 10.1. The second-order valence-corrected chi connectivity index (χ2v) is 6.22. The highest BCUT2D eigenvalue weighted by molar-refractivity contribution is 6.00. The van der Waals surface area contributed by atoms with Gasteiger partial charge in [0, 0.05) is 19.0 Å². The maximum absolute atomic E-state index is 13.1. The number of nitrogens with one attached hydrogen (secondary N) is 2. The van der Waals surface area contributed by atoms with Crippen molar-refractivity contribution in [2.75, 3.05) is 5.32 Å². The second kappa shape index (κ2) is 7.30. The number of halogens is 6. The molecule has 0 atom stereocenters. The van der Waals surface area contributed by atoms with E-state index in [1.165, 1.54) is 30.1 Å². The van der Waals surface area contributed by atoms with Gasteiger partial charge in [0.15, 0.2) is 0 Å². The molecule has 0 aliphatic heterocycles. The zero-order valence-corrected chi connectivity index (χ0v) is 14.8. The van der Waals surface area contributed by atoms with Crippen molar-refractivity contribution in [2.24, 2.45) is 7.05 Å². The zero-order valence-electron chi connectivity index (χ0n) is 14.8. The lowest BCUT2D eigenvalue weighted by molar-refractivity contribution is -0.138. The summed E-state index contributed by atoms with van der Waals surface area (Å²) < 4.78 is 78.3. The molecule has 3 rings (SSSR count). The lowest BCUT2D eigenvalue weighted by Gasteiger charge is -2.13. The maximum atomic E-state index is 13.1. The van der Waals surface area contributed by atoms with Crippen LogP contribution in [0, 0.1) is 0 Å². The van der Waals surface area contributed by atoms with Gasteiger partial charge in [-0.3, -0.25) is 4.68 Å². The molecule has 2 N–H and O–H groups in total. The molecule has 3 aromatic rings. The number of aromatic nitrogens is 2. The second-order valence-electron chi connectivity index (χ2n) is 6.22. The van der Waals surface area contributed by atoms with Gasteiger partial charge in [-0.2, -0.15) is 31.4 Å². The summed E-state index contributed by atoms with van der Waals surface area (Å²) >= 11 is 0. The van der Waals surface area contributed by atoms with Crippen molar-refractivity contribution in [3.8, 4) is 0 Å². The number of amides is 2. The first-order valence-corrected chi connectivity index (χ1v) is 8.19. The fourth-order valence-corrected chi connectivity index (χ4v) is 2.68. The van der Waals surface area contributed by atoms with Crippen molar-refractivity contribution in [3.63, 3.8) is 0 Å². The highest BCUT2D eigenvalue weighted by Crippen LogP contribution is 2.35. The summed E-state index contributed by atoms with van der Waals surface area (Å²) in [5, 5.41) is 8.93. The van der Waals surface area contributed by atoms with Gasteiger partial charge < -0.3 is 10.6 Å². The van der Waals surface area contributed by atoms with Crippen LogP contribution in [0.2, 0.25) is 0 Å². The van der Waals surface area contributed by atoms with Gasteiger partial charge in [0.25, 0.3) is 0 Å². The topological polar surface area (TPSA) is 59.0 Å². The molecule has 2 aromatic carbocycles. The molecule has 0 unspecified atom stereocenters. The molecular formula is C18H14F6N4O. The van der Waals surface area contributed by atoms with Gasteiger partial charge in [0.2, 0.25) is 0 Å². The van der Waals surface area contributed by atoms with E-state index in [9.17, 15) is 31.1 Å². The van der Waals surface area contributed by atoms with Gasteiger partial charge in [0.1, 0.15) is 0 Å². The van der Waals surface area contributed by atoms with Crippen LogP contribution in [-0.4, -0.2) is 15.8 Å². The van der Waals surface area contributed by atoms with Crippen molar-refractivity contribution >= 4 is 22.6 Å². The van der Waals surface area contributed by atoms with Crippen molar-refractivity contribution in [3.05, 3.63) is 59.3 Å². The summed E-state index contributed by atoms with van der Waals surface area (Å²) in [6, 6.07) is 5.06. The van der Waals surface area contributed by atoms with Crippen LogP contribution in [-0.2, 0) is 25.9 Å². The molecule has 1 aromatic heterocycles. The Morgan fingerprint density at radius 2 is 1.62 bits per heavy atom. The molecule has 0 saturated carbocycles. The lowest BCUT2D eigenvalue weighted by Crippen LogP contribution is -2.28. The predicted molar refractivity (Wildman–Crippen MR) is 93.0 cm³/mol. The largest absolute Gasteiger partial charge is 0.416 e. The van der Waals surface area contributed by atoms with Crippen LogP contribution < -0.4 is 10.6 Å². The number of hydrogen-bond donors (Lipinski definition) is 2. The molecule has 11 heteroatoms. The summed E-state index contributed by atoms with van der Waals surface area (Å²) in [5.74, 6) is 0. The molecule has 0 saturated heterocycles. The van der Waals surface area contributed by atoms with E-state index in [0.29, 0.717) is 10.9 Å². The molecular weight excluding hydrogens is 402 g/mol. The Balaban J connectivity index is 1.74. The monoisotopic (exact) mass is 416 g/mol. The van der Waals surface area contributed by atoms with Gasteiger partial charge in [-0.15, -0.1) is 0 Å². The Morgan fingerprint density at radius 1 is 1.00 bits per heavy atom. The number of anilines is 1. The summed E-state index contributed by atoms with van der Waals surface area (Å²) in [4.78, 5) is 12.1. The molecule has 0 radical (unpaired) electrons. The number of alkyl halides is 6. The van der Waals surface area contributed by atoms with Crippen LogP contribution in [0.25, 0.3) is 10.9 Å². The normalized spacial score (nSPS) is 12.2. The number of aryl methyl sites for hydroxylation is 1. The van der Waals surface area contributed by atoms with E-state index in [1.807, 2.05) is 0 Å². The minimum atomic E-state index is -4.62. The number of carbonyl (C=O) groups excluding carboxylic acids is 1. The third-order valence-corrected chi connectivity index (χ3v) is 4.18. The van der Waals surface area contributed by atoms with E-state index in [4.69, 9.17) is 0 Å². The van der Waals surface area contributed by atoms with Crippen molar-refractivity contribution in [1.82, 2.24) is 15.1 Å². The Hall–Kier alpha value is -3.24. The van der Waals surface area contributed by atoms with Crippen LogP contribution in [0.4, 0.5) is 36.8 Å². The van der Waals surface area contributed by atoms with Gasteiger partial charge in [0.05, 0.1) is 28.5 Å². The highest BCUT2D eigenvalue weighted by Gasteiger charge is 2.32. The van der Waals surface area contributed by atoms with E-state index in [1.54, 1.807) is 0 Å². The summed E-state index contributed by atoms with van der Waals surface area (Å²) in [6.07, 6.45) is -7.77. The Labute approximate surface area is 160 Å². The smallest absolute Gasteiger partial charge is 0.334 e. The third kappa shape index (κ3) is 4.61. The minimum absolute atomic E-state index is 0.0900. The Bertz CT molecular complexity index is 1040. The molecule has 154 valence electrons. The van der Waals surface area contributed by atoms with E-state index in [0.717, 1.165) is 24.3 Å². The number of nitrogens with zero attached hydrogens (tertiary/aromatic N) is 2. The van der Waals surface area contributed by atoms with Crippen molar-refractivity contribution in [2.45, 2.75) is 18.9 Å². The first kappa shape index (κ1) is 20.5. The van der Waals surface area contributed by atoms with E-state index in [2.05, 4.69) is 15.7 Å². The molecule has 29 heavy (non-hydrogen) atoms. The molecule has 1 heterocycles. The first-order chi connectivity index (χ1) is 13.4. The standard InChI is InChI=1S/C18H14F6N4O/c1-28-15-7-12(18(22,23)24)6-14(13(15)9-26-28)27-16(29)25-8-10-2-4-11(5-3-10)17(19,20)21/h2-7,9H,8H2,1H3,(H2,25,27,29). The average Bonchev–Trinajstić information content (AvgIpc) is 3.00. The number of fused-ring (bicyclic) bond motifs is 1. The zero-order chi connectivity index (χ0) is 21.4. The highest BCUT2D eigenvalue weighted by atomic mass is 19.4. The molecule has 0 bridgehead atoms. The number of urea groups is 1. The van der Waals surface area contributed by atoms with Gasteiger partial charge in [-0.25, -0.2) is 4.79 Å². The Morgan fingerprint density at radius 3 is 2.21 bits per heavy atom. The number of benzene rings is 2. The van der Waals surface area contributed by atoms with E-state index < -0.39 is 29.5 Å². The molecule has 2 amide bonds. The van der Waals surface area contributed by atoms with Crippen molar-refractivity contribution in [1.29, 1.82) is 0 Å². The van der Waals surface area contributed by atoms with E-state index >= 15 is 0 Å². The molecule has 0 aliphatic rings. The van der Waals surface area contributed by atoms with Gasteiger partial charge >= 0.3 is 18.4 Å². The number of carbonyl (C=O) groups is 1. The fourth-order valence-electron chi connectivity index (χ4n) is 2.68. The van der Waals surface area contributed by atoms with Crippen LogP contribution in [0.1, 0.15) is 16.7 Å². The summed E-state index contributed by atoms with van der Waals surface area (Å²) in [6.45, 7) is -0.112. The first-order valence-electron chi connectivity index (χ1n) is 8.19. The summed E-state index contributed by atoms with van der Waals surface area (Å²) in [5.41, 5.74) is -1.30. The molecule has 0 fully saturated rings. The molecule has 0 aliphatic carbocycles. The number of hydrogen-bond acceptors (Lipinski definition) is 2. The third-order valence-electron chi connectivity index (χ3n) is 4.18. The fraction of sp³-hybridized carbons (Fsp3) is 0.222. The SMILES string of the molecule is Cn1ncc2c(NC(=O)NCc3ccc(C(F)(F)F)cc3)cc(C(F)(F)F)cc21.